The predicted octanol–water partition coefficient (Wildman–Crippen LogP) is 4.08. The van der Waals surface area contributed by atoms with Crippen LogP contribution in [0.3, 0.4) is 0 Å². The van der Waals surface area contributed by atoms with Crippen molar-refractivity contribution in [3.8, 4) is 5.75 Å². The van der Waals surface area contributed by atoms with Gasteiger partial charge in [0.05, 0.1) is 21.1 Å². The Balaban J connectivity index is 1.85. The van der Waals surface area contributed by atoms with Gasteiger partial charge in [-0.1, -0.05) is 5.16 Å². The van der Waals surface area contributed by atoms with E-state index in [0.29, 0.717) is 5.75 Å². The van der Waals surface area contributed by atoms with Gasteiger partial charge in [0.2, 0.25) is 0 Å². The van der Waals surface area contributed by atoms with Crippen molar-refractivity contribution in [1.82, 2.24) is 5.16 Å². The smallest absolute Gasteiger partial charge is 0.281 e. The van der Waals surface area contributed by atoms with Crippen molar-refractivity contribution < 1.29 is 28.3 Å². The van der Waals surface area contributed by atoms with Crippen molar-refractivity contribution in [2.24, 2.45) is 0 Å². The third kappa shape index (κ3) is 4.63. The van der Waals surface area contributed by atoms with Gasteiger partial charge in [0.25, 0.3) is 17.3 Å². The highest BCUT2D eigenvalue weighted by atomic mass is 19.1. The summed E-state index contributed by atoms with van der Waals surface area (Å²) < 4.78 is 23.6. The van der Waals surface area contributed by atoms with Gasteiger partial charge < -0.3 is 14.6 Å². The summed E-state index contributed by atoms with van der Waals surface area (Å²) in [6.45, 7) is 2.67. The molecule has 0 spiro atoms. The summed E-state index contributed by atoms with van der Waals surface area (Å²) in [6.07, 6.45) is 0. The number of aromatic nitrogens is 1. The normalized spacial score (nSPS) is 10.5. The maximum absolute atomic E-state index is 13.0. The van der Waals surface area contributed by atoms with Crippen molar-refractivity contribution in [2.45, 2.75) is 20.5 Å². The summed E-state index contributed by atoms with van der Waals surface area (Å²) in [6, 6.07) is 7.26. The standard InChI is InChI=1S/C19H15FN4O7/c1-10-16(23(26)27)7-13(8-17(10)24(28)29)21-19(25)18-15(11(2)31-22-18)9-30-14-5-3-12(20)4-6-14/h3-8H,9H2,1-2H3,(H,21,25). The molecule has 1 amide bonds. The minimum absolute atomic E-state index is 0.127. The van der Waals surface area contributed by atoms with Crippen LogP contribution in [0.4, 0.5) is 21.5 Å². The molecular weight excluding hydrogens is 415 g/mol. The average Bonchev–Trinajstić information content (AvgIpc) is 3.08. The van der Waals surface area contributed by atoms with Crippen LogP contribution in [0.1, 0.15) is 27.4 Å². The molecular formula is C19H15FN4O7. The highest BCUT2D eigenvalue weighted by molar-refractivity contribution is 6.04. The second-order valence-electron chi connectivity index (χ2n) is 6.42. The molecule has 0 fully saturated rings. The fraction of sp³-hybridized carbons (Fsp3) is 0.158. The van der Waals surface area contributed by atoms with E-state index >= 15 is 0 Å². The molecule has 31 heavy (non-hydrogen) atoms. The van der Waals surface area contributed by atoms with Gasteiger partial charge in [-0.15, -0.1) is 0 Å². The Hall–Kier alpha value is -4.35. The summed E-state index contributed by atoms with van der Waals surface area (Å²) in [5, 5.41) is 28.4. The second-order valence-corrected chi connectivity index (χ2v) is 6.42. The van der Waals surface area contributed by atoms with Gasteiger partial charge >= 0.3 is 0 Å². The molecule has 1 N–H and O–H groups in total. The van der Waals surface area contributed by atoms with Crippen molar-refractivity contribution in [3.63, 3.8) is 0 Å². The summed E-state index contributed by atoms with van der Waals surface area (Å²) >= 11 is 0. The van der Waals surface area contributed by atoms with Gasteiger partial charge in [0.15, 0.2) is 5.69 Å². The minimum Gasteiger partial charge on any atom is -0.489 e. The van der Waals surface area contributed by atoms with Crippen LogP contribution >= 0.6 is 0 Å². The van der Waals surface area contributed by atoms with E-state index in [9.17, 15) is 29.4 Å². The first-order valence-corrected chi connectivity index (χ1v) is 8.75. The van der Waals surface area contributed by atoms with Crippen LogP contribution in [0, 0.1) is 39.9 Å². The highest BCUT2D eigenvalue weighted by Crippen LogP contribution is 2.32. The highest BCUT2D eigenvalue weighted by Gasteiger charge is 2.26. The van der Waals surface area contributed by atoms with Gasteiger partial charge in [0, 0.05) is 12.1 Å². The maximum atomic E-state index is 13.0. The summed E-state index contributed by atoms with van der Waals surface area (Å²) in [5.41, 5.74) is -1.19. The number of halogens is 1. The summed E-state index contributed by atoms with van der Waals surface area (Å²) in [5.74, 6) is -0.608. The topological polar surface area (TPSA) is 151 Å². The van der Waals surface area contributed by atoms with Crippen LogP contribution in [-0.2, 0) is 6.61 Å². The molecule has 1 heterocycles. The number of rotatable bonds is 7. The molecule has 12 heteroatoms. The lowest BCUT2D eigenvalue weighted by atomic mass is 10.1. The van der Waals surface area contributed by atoms with E-state index in [1.807, 2.05) is 0 Å². The van der Waals surface area contributed by atoms with Crippen LogP contribution in [0.5, 0.6) is 5.75 Å². The monoisotopic (exact) mass is 430 g/mol. The molecule has 0 atom stereocenters. The molecule has 0 saturated heterocycles. The van der Waals surface area contributed by atoms with Crippen molar-refractivity contribution in [2.75, 3.05) is 5.32 Å². The van der Waals surface area contributed by atoms with E-state index in [4.69, 9.17) is 9.26 Å². The molecule has 11 nitrogen and oxygen atoms in total. The van der Waals surface area contributed by atoms with Crippen LogP contribution in [0.25, 0.3) is 0 Å². The lowest BCUT2D eigenvalue weighted by molar-refractivity contribution is -0.395. The van der Waals surface area contributed by atoms with E-state index < -0.39 is 32.9 Å². The van der Waals surface area contributed by atoms with Gasteiger partial charge in [-0.25, -0.2) is 4.39 Å². The summed E-state index contributed by atoms with van der Waals surface area (Å²) in [4.78, 5) is 33.5. The molecule has 0 aliphatic heterocycles. The molecule has 160 valence electrons. The lowest BCUT2D eigenvalue weighted by Gasteiger charge is -2.08. The number of benzene rings is 2. The fourth-order valence-electron chi connectivity index (χ4n) is 2.75. The SMILES string of the molecule is Cc1onc(C(=O)Nc2cc([N+](=O)[O-])c(C)c([N+](=O)[O-])c2)c1COc1ccc(F)cc1. The van der Waals surface area contributed by atoms with Crippen LogP contribution in [-0.4, -0.2) is 20.9 Å². The number of hydrogen-bond donors (Lipinski definition) is 1. The Morgan fingerprint density at radius 3 is 2.26 bits per heavy atom. The van der Waals surface area contributed by atoms with Crippen LogP contribution in [0.15, 0.2) is 40.9 Å². The minimum atomic E-state index is -0.804. The summed E-state index contributed by atoms with van der Waals surface area (Å²) in [7, 11) is 0. The molecule has 2 aromatic carbocycles. The second kappa shape index (κ2) is 8.57. The molecule has 0 unspecified atom stereocenters. The van der Waals surface area contributed by atoms with E-state index in [-0.39, 0.29) is 34.9 Å². The molecule has 0 aliphatic rings. The number of amides is 1. The van der Waals surface area contributed by atoms with E-state index in [1.165, 1.54) is 31.2 Å². The van der Waals surface area contributed by atoms with E-state index in [0.717, 1.165) is 12.1 Å². The van der Waals surface area contributed by atoms with Crippen molar-refractivity contribution >= 4 is 23.0 Å². The Bertz CT molecular complexity index is 1140. The van der Waals surface area contributed by atoms with Gasteiger partial charge in [-0.2, -0.15) is 0 Å². The zero-order valence-corrected chi connectivity index (χ0v) is 16.2. The number of carbonyl (C=O) groups excluding carboxylic acids is 1. The lowest BCUT2D eigenvalue weighted by Crippen LogP contribution is -2.16. The number of nitro benzene ring substituents is 2. The van der Waals surface area contributed by atoms with Crippen LogP contribution < -0.4 is 10.1 Å². The maximum Gasteiger partial charge on any atom is 0.281 e. The first-order valence-electron chi connectivity index (χ1n) is 8.75. The number of ether oxygens (including phenoxy) is 1. The fourth-order valence-corrected chi connectivity index (χ4v) is 2.75. The Morgan fingerprint density at radius 1 is 1.13 bits per heavy atom. The zero-order chi connectivity index (χ0) is 22.7. The molecule has 3 aromatic rings. The van der Waals surface area contributed by atoms with Crippen molar-refractivity contribution in [1.29, 1.82) is 0 Å². The number of nitro groups is 2. The van der Waals surface area contributed by atoms with Gasteiger partial charge in [0.1, 0.15) is 29.5 Å². The predicted molar refractivity (Wildman–Crippen MR) is 104 cm³/mol. The zero-order valence-electron chi connectivity index (χ0n) is 16.2. The van der Waals surface area contributed by atoms with Gasteiger partial charge in [-0.05, 0) is 38.1 Å². The van der Waals surface area contributed by atoms with E-state index in [2.05, 4.69) is 10.5 Å². The molecule has 0 bridgehead atoms. The number of nitrogens with zero attached hydrogens (tertiary/aromatic N) is 3. The molecule has 0 aliphatic carbocycles. The molecule has 1 aromatic heterocycles. The van der Waals surface area contributed by atoms with Crippen LogP contribution in [0.2, 0.25) is 0 Å². The number of aryl methyl sites for hydroxylation is 1. The van der Waals surface area contributed by atoms with E-state index in [1.54, 1.807) is 6.92 Å². The Labute approximate surface area is 173 Å². The average molecular weight is 430 g/mol. The molecule has 0 radical (unpaired) electrons. The largest absolute Gasteiger partial charge is 0.489 e. The first-order chi connectivity index (χ1) is 14.7. The number of anilines is 1. The number of nitrogens with one attached hydrogen (secondary N) is 1. The number of carbonyl (C=O) groups is 1. The Kier molecular flexibility index (Phi) is 5.90. The molecule has 0 saturated carbocycles. The van der Waals surface area contributed by atoms with Gasteiger partial charge in [-0.3, -0.25) is 25.0 Å². The third-order valence-electron chi connectivity index (χ3n) is 4.40. The third-order valence-corrected chi connectivity index (χ3v) is 4.40. The number of hydrogen-bond acceptors (Lipinski definition) is 8. The Morgan fingerprint density at radius 2 is 1.71 bits per heavy atom. The first kappa shape index (κ1) is 21.4. The quantitative estimate of drug-likeness (QED) is 0.435. The molecule has 3 rings (SSSR count). The van der Waals surface area contributed by atoms with Crippen molar-refractivity contribution in [3.05, 3.63) is 85.0 Å².